The third-order valence-corrected chi connectivity index (χ3v) is 3.22. The lowest BCUT2D eigenvalue weighted by molar-refractivity contribution is -0.273. The normalized spacial score (nSPS) is 40.1. The molecule has 0 N–H and O–H groups in total. The third-order valence-electron chi connectivity index (χ3n) is 2.31. The molecule has 2 aliphatic rings. The highest BCUT2D eigenvalue weighted by atomic mass is 32.3. The molecule has 6 nitrogen and oxygen atoms in total. The van der Waals surface area contributed by atoms with Crippen molar-refractivity contribution in [2.45, 2.75) is 32.3 Å². The van der Waals surface area contributed by atoms with Crippen molar-refractivity contribution in [2.75, 3.05) is 13.2 Å². The minimum Gasteiger partial charge on any atom is -0.350 e. The summed E-state index contributed by atoms with van der Waals surface area (Å²) in [6.07, 6.45) is -1.27. The lowest BCUT2D eigenvalue weighted by atomic mass is 10.1. The first-order valence-electron chi connectivity index (χ1n) is 4.82. The quantitative estimate of drug-likeness (QED) is 0.642. The first-order chi connectivity index (χ1) is 6.98. The molecule has 2 rings (SSSR count). The molecule has 7 heteroatoms. The third kappa shape index (κ3) is 2.48. The highest BCUT2D eigenvalue weighted by molar-refractivity contribution is 7.81. The lowest BCUT2D eigenvalue weighted by Crippen LogP contribution is -2.52. The van der Waals surface area contributed by atoms with Crippen molar-refractivity contribution in [3.8, 4) is 0 Å². The monoisotopic (exact) mass is 238 g/mol. The highest BCUT2D eigenvalue weighted by Crippen LogP contribution is 2.25. The SMILES string of the molecule is CC(C)C1OC[C@@H]2OS(=O)(=O)OC[C@H]2O1. The van der Waals surface area contributed by atoms with Crippen LogP contribution in [-0.4, -0.2) is 40.1 Å². The maximum absolute atomic E-state index is 11.0. The molecule has 0 aromatic heterocycles. The van der Waals surface area contributed by atoms with E-state index in [-0.39, 0.29) is 31.5 Å². The maximum Gasteiger partial charge on any atom is 0.400 e. The van der Waals surface area contributed by atoms with E-state index < -0.39 is 16.5 Å². The average Bonchev–Trinajstić information content (AvgIpc) is 2.15. The summed E-state index contributed by atoms with van der Waals surface area (Å²) in [4.78, 5) is 0. The molecule has 0 spiro atoms. The summed E-state index contributed by atoms with van der Waals surface area (Å²) in [6.45, 7) is 4.15. The van der Waals surface area contributed by atoms with Gasteiger partial charge in [-0.15, -0.1) is 0 Å². The van der Waals surface area contributed by atoms with E-state index in [9.17, 15) is 8.42 Å². The molecule has 0 aromatic rings. The molecule has 3 atom stereocenters. The zero-order chi connectivity index (χ0) is 11.1. The van der Waals surface area contributed by atoms with Crippen molar-refractivity contribution < 1.29 is 26.3 Å². The van der Waals surface area contributed by atoms with Crippen LogP contribution in [-0.2, 0) is 28.2 Å². The molecule has 0 bridgehead atoms. The second kappa shape index (κ2) is 3.99. The number of ether oxygens (including phenoxy) is 2. The molecular weight excluding hydrogens is 224 g/mol. The number of hydrogen-bond donors (Lipinski definition) is 0. The van der Waals surface area contributed by atoms with Gasteiger partial charge in [-0.05, 0) is 0 Å². The molecule has 2 fully saturated rings. The number of hydrogen-bond acceptors (Lipinski definition) is 6. The topological polar surface area (TPSA) is 71.1 Å². The van der Waals surface area contributed by atoms with Gasteiger partial charge in [0.05, 0.1) is 13.2 Å². The largest absolute Gasteiger partial charge is 0.400 e. The summed E-state index contributed by atoms with van der Waals surface area (Å²) in [5.41, 5.74) is 0. The molecule has 0 aliphatic carbocycles. The van der Waals surface area contributed by atoms with Gasteiger partial charge in [0.25, 0.3) is 0 Å². The van der Waals surface area contributed by atoms with E-state index in [4.69, 9.17) is 13.7 Å². The van der Waals surface area contributed by atoms with Crippen LogP contribution in [0.2, 0.25) is 0 Å². The second-order valence-electron chi connectivity index (χ2n) is 3.95. The Bertz CT molecular complexity index is 324. The standard InChI is InChI=1S/C8H14O6S/c1-5(2)8-11-3-7-6(13-8)4-12-15(9,10)14-7/h5-8H,3-4H2,1-2H3/t6-,7+,8?/m1/s1. The van der Waals surface area contributed by atoms with Gasteiger partial charge in [0.15, 0.2) is 6.29 Å². The minimum absolute atomic E-state index is 0.000417. The van der Waals surface area contributed by atoms with E-state index in [0.29, 0.717) is 0 Å². The van der Waals surface area contributed by atoms with E-state index in [1.807, 2.05) is 13.8 Å². The van der Waals surface area contributed by atoms with Gasteiger partial charge in [-0.2, -0.15) is 8.42 Å². The fraction of sp³-hybridized carbons (Fsp3) is 1.00. The van der Waals surface area contributed by atoms with E-state index >= 15 is 0 Å². The minimum atomic E-state index is -3.85. The molecule has 0 amide bonds. The number of fused-ring (bicyclic) bond motifs is 1. The van der Waals surface area contributed by atoms with Crippen molar-refractivity contribution >= 4 is 10.4 Å². The van der Waals surface area contributed by atoms with Crippen molar-refractivity contribution in [1.29, 1.82) is 0 Å². The van der Waals surface area contributed by atoms with E-state index in [1.54, 1.807) is 0 Å². The van der Waals surface area contributed by atoms with Crippen molar-refractivity contribution in [2.24, 2.45) is 5.92 Å². The van der Waals surface area contributed by atoms with Crippen LogP contribution < -0.4 is 0 Å². The zero-order valence-electron chi connectivity index (χ0n) is 8.58. The van der Waals surface area contributed by atoms with Crippen LogP contribution in [0.1, 0.15) is 13.8 Å². The fourth-order valence-electron chi connectivity index (χ4n) is 1.51. The van der Waals surface area contributed by atoms with Gasteiger partial charge in [-0.1, -0.05) is 13.8 Å². The van der Waals surface area contributed by atoms with Crippen molar-refractivity contribution in [3.05, 3.63) is 0 Å². The first kappa shape index (κ1) is 11.3. The Hall–Kier alpha value is -0.210. The first-order valence-corrected chi connectivity index (χ1v) is 6.16. The van der Waals surface area contributed by atoms with Gasteiger partial charge in [-0.25, -0.2) is 8.37 Å². The Morgan fingerprint density at radius 2 is 1.93 bits per heavy atom. The lowest BCUT2D eigenvalue weighted by Gasteiger charge is -2.39. The average molecular weight is 238 g/mol. The summed E-state index contributed by atoms with van der Waals surface area (Å²) in [5.74, 6) is 0.212. The summed E-state index contributed by atoms with van der Waals surface area (Å²) in [5, 5.41) is 0. The zero-order valence-corrected chi connectivity index (χ0v) is 9.40. The predicted octanol–water partition coefficient (Wildman–Crippen LogP) is 0.0441. The van der Waals surface area contributed by atoms with Crippen LogP contribution in [0.5, 0.6) is 0 Å². The highest BCUT2D eigenvalue weighted by Gasteiger charge is 2.41. The van der Waals surface area contributed by atoms with E-state index in [0.717, 1.165) is 0 Å². The summed E-state index contributed by atoms with van der Waals surface area (Å²) < 4.78 is 42.0. The molecule has 0 radical (unpaired) electrons. The molecular formula is C8H14O6S. The van der Waals surface area contributed by atoms with E-state index in [2.05, 4.69) is 4.18 Å². The predicted molar refractivity (Wildman–Crippen MR) is 49.2 cm³/mol. The van der Waals surface area contributed by atoms with Crippen LogP contribution in [0, 0.1) is 5.92 Å². The van der Waals surface area contributed by atoms with Gasteiger partial charge in [-0.3, -0.25) is 0 Å². The molecule has 2 heterocycles. The fourth-order valence-corrected chi connectivity index (χ4v) is 2.35. The summed E-state index contributed by atoms with van der Waals surface area (Å²) in [7, 11) is -3.85. The Kier molecular flexibility index (Phi) is 3.00. The Balaban J connectivity index is 2.01. The molecule has 1 unspecified atom stereocenters. The summed E-state index contributed by atoms with van der Waals surface area (Å²) in [6, 6.07) is 0. The second-order valence-corrected chi connectivity index (χ2v) is 5.19. The Morgan fingerprint density at radius 3 is 2.60 bits per heavy atom. The number of rotatable bonds is 1. The van der Waals surface area contributed by atoms with Crippen molar-refractivity contribution in [3.63, 3.8) is 0 Å². The van der Waals surface area contributed by atoms with E-state index in [1.165, 1.54) is 0 Å². The molecule has 2 saturated heterocycles. The van der Waals surface area contributed by atoms with Crippen LogP contribution in [0.15, 0.2) is 0 Å². The van der Waals surface area contributed by atoms with Crippen LogP contribution in [0.25, 0.3) is 0 Å². The summed E-state index contributed by atoms with van der Waals surface area (Å²) >= 11 is 0. The van der Waals surface area contributed by atoms with Gasteiger partial charge in [0, 0.05) is 5.92 Å². The Morgan fingerprint density at radius 1 is 1.20 bits per heavy atom. The molecule has 15 heavy (non-hydrogen) atoms. The molecule has 2 aliphatic heterocycles. The Labute approximate surface area is 88.8 Å². The van der Waals surface area contributed by atoms with Gasteiger partial charge < -0.3 is 9.47 Å². The van der Waals surface area contributed by atoms with Crippen LogP contribution >= 0.6 is 0 Å². The maximum atomic E-state index is 11.0. The molecule has 0 aromatic carbocycles. The van der Waals surface area contributed by atoms with Gasteiger partial charge >= 0.3 is 10.4 Å². The van der Waals surface area contributed by atoms with Gasteiger partial charge in [0.1, 0.15) is 12.2 Å². The van der Waals surface area contributed by atoms with Crippen LogP contribution in [0.3, 0.4) is 0 Å². The smallest absolute Gasteiger partial charge is 0.350 e. The van der Waals surface area contributed by atoms with Gasteiger partial charge in [0.2, 0.25) is 0 Å². The molecule has 0 saturated carbocycles. The van der Waals surface area contributed by atoms with Crippen LogP contribution in [0.4, 0.5) is 0 Å². The molecule has 88 valence electrons. The van der Waals surface area contributed by atoms with Crippen molar-refractivity contribution in [1.82, 2.24) is 0 Å².